The first-order valence-electron chi connectivity index (χ1n) is 7.28. The van der Waals surface area contributed by atoms with E-state index >= 15 is 0 Å². The maximum atomic E-state index is 13.1. The highest BCUT2D eigenvalue weighted by atomic mass is 19.3. The summed E-state index contributed by atoms with van der Waals surface area (Å²) in [5, 5.41) is 0. The van der Waals surface area contributed by atoms with Crippen LogP contribution in [0.3, 0.4) is 0 Å². The molecule has 0 aliphatic carbocycles. The van der Waals surface area contributed by atoms with Gasteiger partial charge in [-0.2, -0.15) is 0 Å². The number of piperazine rings is 1. The van der Waals surface area contributed by atoms with Crippen molar-refractivity contribution >= 4 is 5.82 Å². The van der Waals surface area contributed by atoms with Gasteiger partial charge in [0, 0.05) is 45.0 Å². The topological polar surface area (TPSA) is 45.2 Å². The largest absolute Gasteiger partial charge is 0.354 e. The van der Waals surface area contributed by atoms with Gasteiger partial charge in [-0.3, -0.25) is 9.88 Å². The summed E-state index contributed by atoms with van der Waals surface area (Å²) in [5.74, 6) is 0.170. The molecular formula is C15H16F3N5. The van der Waals surface area contributed by atoms with E-state index in [0.717, 1.165) is 18.7 Å². The minimum Gasteiger partial charge on any atom is -0.354 e. The van der Waals surface area contributed by atoms with Crippen molar-refractivity contribution in [3.05, 3.63) is 47.9 Å². The maximum Gasteiger partial charge on any atom is 0.280 e. The molecule has 0 N–H and O–H groups in total. The van der Waals surface area contributed by atoms with E-state index in [1.54, 1.807) is 6.20 Å². The van der Waals surface area contributed by atoms with E-state index in [4.69, 9.17) is 0 Å². The van der Waals surface area contributed by atoms with Crippen molar-refractivity contribution in [3.8, 4) is 0 Å². The number of rotatable bonds is 4. The van der Waals surface area contributed by atoms with E-state index in [1.807, 2.05) is 4.90 Å². The van der Waals surface area contributed by atoms with E-state index < -0.39 is 6.43 Å². The highest BCUT2D eigenvalue weighted by molar-refractivity contribution is 5.39. The highest BCUT2D eigenvalue weighted by Crippen LogP contribution is 2.21. The minimum atomic E-state index is -2.60. The van der Waals surface area contributed by atoms with E-state index in [2.05, 4.69) is 19.9 Å². The molecule has 5 nitrogen and oxygen atoms in total. The van der Waals surface area contributed by atoms with E-state index in [1.165, 1.54) is 24.7 Å². The van der Waals surface area contributed by atoms with Gasteiger partial charge >= 0.3 is 0 Å². The molecule has 1 aliphatic heterocycles. The lowest BCUT2D eigenvalue weighted by Crippen LogP contribution is -2.46. The molecule has 1 aliphatic rings. The summed E-state index contributed by atoms with van der Waals surface area (Å²) in [7, 11) is 0. The summed E-state index contributed by atoms with van der Waals surface area (Å²) < 4.78 is 38.5. The lowest BCUT2D eigenvalue weighted by molar-refractivity contribution is 0.146. The molecule has 1 saturated heterocycles. The third-order valence-corrected chi connectivity index (χ3v) is 3.76. The maximum absolute atomic E-state index is 13.1. The average Bonchev–Trinajstić information content (AvgIpc) is 2.56. The van der Waals surface area contributed by atoms with Gasteiger partial charge in [0.05, 0.1) is 6.20 Å². The third-order valence-electron chi connectivity index (χ3n) is 3.76. The Morgan fingerprint density at radius 1 is 1.04 bits per heavy atom. The molecule has 0 bridgehead atoms. The van der Waals surface area contributed by atoms with Crippen LogP contribution in [0.15, 0.2) is 30.9 Å². The van der Waals surface area contributed by atoms with Gasteiger partial charge in [-0.25, -0.2) is 23.1 Å². The third kappa shape index (κ3) is 3.95. The zero-order valence-corrected chi connectivity index (χ0v) is 12.4. The predicted octanol–water partition coefficient (Wildman–Crippen LogP) is 2.27. The van der Waals surface area contributed by atoms with Crippen LogP contribution in [0.25, 0.3) is 0 Å². The Kier molecular flexibility index (Phi) is 4.71. The van der Waals surface area contributed by atoms with Crippen molar-refractivity contribution in [2.24, 2.45) is 0 Å². The molecule has 3 heterocycles. The van der Waals surface area contributed by atoms with Gasteiger partial charge in [0.1, 0.15) is 23.7 Å². The average molecular weight is 323 g/mol. The van der Waals surface area contributed by atoms with Crippen LogP contribution < -0.4 is 4.90 Å². The smallest absolute Gasteiger partial charge is 0.280 e. The molecule has 2 aromatic rings. The molecule has 122 valence electrons. The van der Waals surface area contributed by atoms with Gasteiger partial charge in [0.2, 0.25) is 0 Å². The molecule has 8 heteroatoms. The second kappa shape index (κ2) is 6.91. The van der Waals surface area contributed by atoms with Crippen LogP contribution in [0.2, 0.25) is 0 Å². The normalized spacial score (nSPS) is 16.1. The van der Waals surface area contributed by atoms with Crippen molar-refractivity contribution in [2.45, 2.75) is 13.0 Å². The second-order valence-electron chi connectivity index (χ2n) is 5.38. The molecule has 0 amide bonds. The SMILES string of the molecule is Fc1cncc(CN2CCN(c3cc(C(F)F)ncn3)CC2)c1. The number of alkyl halides is 2. The molecular weight excluding hydrogens is 307 g/mol. The van der Waals surface area contributed by atoms with Crippen LogP contribution in [0.1, 0.15) is 17.7 Å². The first-order valence-corrected chi connectivity index (χ1v) is 7.28. The van der Waals surface area contributed by atoms with E-state index in [0.29, 0.717) is 25.5 Å². The number of anilines is 1. The number of hydrogen-bond donors (Lipinski definition) is 0. The zero-order valence-electron chi connectivity index (χ0n) is 12.4. The zero-order chi connectivity index (χ0) is 16.2. The first-order chi connectivity index (χ1) is 11.1. The van der Waals surface area contributed by atoms with Crippen LogP contribution in [0.5, 0.6) is 0 Å². The Morgan fingerprint density at radius 2 is 1.83 bits per heavy atom. The van der Waals surface area contributed by atoms with E-state index in [9.17, 15) is 13.2 Å². The summed E-state index contributed by atoms with van der Waals surface area (Å²) in [6.07, 6.45) is 1.40. The Labute approximate surface area is 131 Å². The summed E-state index contributed by atoms with van der Waals surface area (Å²) in [6.45, 7) is 3.44. The predicted molar refractivity (Wildman–Crippen MR) is 78.7 cm³/mol. The van der Waals surface area contributed by atoms with Crippen LogP contribution in [0.4, 0.5) is 19.0 Å². The van der Waals surface area contributed by atoms with Crippen molar-refractivity contribution in [1.82, 2.24) is 19.9 Å². The lowest BCUT2D eigenvalue weighted by atomic mass is 10.2. The fourth-order valence-electron chi connectivity index (χ4n) is 2.59. The van der Waals surface area contributed by atoms with Crippen molar-refractivity contribution < 1.29 is 13.2 Å². The molecule has 2 aromatic heterocycles. The van der Waals surface area contributed by atoms with Crippen molar-refractivity contribution in [2.75, 3.05) is 31.1 Å². The highest BCUT2D eigenvalue weighted by Gasteiger charge is 2.20. The van der Waals surface area contributed by atoms with Crippen LogP contribution >= 0.6 is 0 Å². The molecule has 23 heavy (non-hydrogen) atoms. The monoisotopic (exact) mass is 323 g/mol. The molecule has 0 aromatic carbocycles. The summed E-state index contributed by atoms with van der Waals surface area (Å²) >= 11 is 0. The van der Waals surface area contributed by atoms with Crippen LogP contribution in [0, 0.1) is 5.82 Å². The molecule has 0 spiro atoms. The lowest BCUT2D eigenvalue weighted by Gasteiger charge is -2.35. The van der Waals surface area contributed by atoms with Crippen LogP contribution in [-0.2, 0) is 6.54 Å². The van der Waals surface area contributed by atoms with Gasteiger partial charge in [0.15, 0.2) is 0 Å². The summed E-state index contributed by atoms with van der Waals surface area (Å²) in [6, 6.07) is 2.80. The standard InChI is InChI=1S/C15H16F3N5/c16-12-5-11(7-19-8-12)9-22-1-3-23(4-2-22)14-6-13(15(17)18)20-10-21-14/h5-8,10,15H,1-4,9H2. The number of halogens is 3. The summed E-state index contributed by atoms with van der Waals surface area (Å²) in [4.78, 5) is 15.6. The molecule has 1 fully saturated rings. The molecule has 0 unspecified atom stereocenters. The fraction of sp³-hybridized carbons (Fsp3) is 0.400. The van der Waals surface area contributed by atoms with Gasteiger partial charge in [-0.1, -0.05) is 0 Å². The van der Waals surface area contributed by atoms with E-state index in [-0.39, 0.29) is 11.5 Å². The molecule has 0 radical (unpaired) electrons. The molecule has 3 rings (SSSR count). The molecule has 0 saturated carbocycles. The Morgan fingerprint density at radius 3 is 2.52 bits per heavy atom. The number of hydrogen-bond acceptors (Lipinski definition) is 5. The van der Waals surface area contributed by atoms with Crippen LogP contribution in [-0.4, -0.2) is 46.0 Å². The first kappa shape index (κ1) is 15.7. The minimum absolute atomic E-state index is 0.261. The van der Waals surface area contributed by atoms with Crippen molar-refractivity contribution in [1.29, 1.82) is 0 Å². The number of nitrogens with zero attached hydrogens (tertiary/aromatic N) is 5. The number of pyridine rings is 1. The number of aromatic nitrogens is 3. The van der Waals surface area contributed by atoms with Gasteiger partial charge < -0.3 is 4.90 Å². The Balaban J connectivity index is 1.59. The van der Waals surface area contributed by atoms with Crippen molar-refractivity contribution in [3.63, 3.8) is 0 Å². The molecule has 0 atom stereocenters. The van der Waals surface area contributed by atoms with Gasteiger partial charge in [-0.15, -0.1) is 0 Å². The second-order valence-corrected chi connectivity index (χ2v) is 5.38. The fourth-order valence-corrected chi connectivity index (χ4v) is 2.59. The van der Waals surface area contributed by atoms with Gasteiger partial charge in [0.25, 0.3) is 6.43 Å². The Bertz CT molecular complexity index is 659. The Hall–Kier alpha value is -2.22. The summed E-state index contributed by atoms with van der Waals surface area (Å²) in [5.41, 5.74) is 0.559. The quantitative estimate of drug-likeness (QED) is 0.864. The van der Waals surface area contributed by atoms with Gasteiger partial charge in [-0.05, 0) is 11.6 Å².